The van der Waals surface area contributed by atoms with E-state index >= 15 is 0 Å². The molecule has 1 fully saturated rings. The van der Waals surface area contributed by atoms with Crippen molar-refractivity contribution in [3.05, 3.63) is 65.2 Å². The Kier molecular flexibility index (Phi) is 5.92. The Morgan fingerprint density at radius 2 is 2.14 bits per heavy atom. The number of benzene rings is 1. The second-order valence-electron chi connectivity index (χ2n) is 8.15. The van der Waals surface area contributed by atoms with Crippen molar-refractivity contribution in [1.29, 1.82) is 0 Å². The molecule has 2 aliphatic rings. The Bertz CT molecular complexity index is 857. The van der Waals surface area contributed by atoms with Crippen LogP contribution in [-0.4, -0.2) is 48.6 Å². The van der Waals surface area contributed by atoms with Crippen LogP contribution in [0.1, 0.15) is 47.4 Å². The maximum atomic E-state index is 13.2. The number of carbonyl (C=O) groups is 1. The minimum atomic E-state index is -0.198. The van der Waals surface area contributed by atoms with Crippen LogP contribution in [0.3, 0.4) is 0 Å². The quantitative estimate of drug-likeness (QED) is 0.778. The van der Waals surface area contributed by atoms with E-state index in [-0.39, 0.29) is 23.2 Å². The van der Waals surface area contributed by atoms with Gasteiger partial charge in [-0.25, -0.2) is 4.39 Å². The number of carbonyl (C=O) groups excluding carboxylic acids is 1. The minimum Gasteiger partial charge on any atom is -0.381 e. The maximum absolute atomic E-state index is 13.2. The fourth-order valence-corrected chi connectivity index (χ4v) is 4.59. The number of pyridine rings is 1. The summed E-state index contributed by atoms with van der Waals surface area (Å²) in [5.41, 5.74) is 2.77. The molecular weight excluding hydrogens is 369 g/mol. The standard InChI is InChI=1S/C23H28FN3O2/c1-2-29-16-23(10-9-17-5-7-18(24)8-6-17)11-13-27(15-23)20-14-26-22(28)21-19(20)4-3-12-25-21/h3-8,12,20H,2,9-11,13-16H2,1H3,(H,26,28)/t20?,23-/m1/s1. The summed E-state index contributed by atoms with van der Waals surface area (Å²) in [6, 6.07) is 10.9. The highest BCUT2D eigenvalue weighted by Gasteiger charge is 2.42. The number of halogens is 1. The smallest absolute Gasteiger partial charge is 0.270 e. The van der Waals surface area contributed by atoms with Gasteiger partial charge in [0.25, 0.3) is 5.91 Å². The van der Waals surface area contributed by atoms with E-state index in [0.29, 0.717) is 18.8 Å². The summed E-state index contributed by atoms with van der Waals surface area (Å²) in [5.74, 6) is -0.288. The second-order valence-corrected chi connectivity index (χ2v) is 8.15. The number of likely N-dealkylation sites (tertiary alicyclic amines) is 1. The minimum absolute atomic E-state index is 0.0637. The van der Waals surface area contributed by atoms with Crippen LogP contribution in [0.25, 0.3) is 0 Å². The van der Waals surface area contributed by atoms with Gasteiger partial charge in [0.2, 0.25) is 0 Å². The lowest BCUT2D eigenvalue weighted by molar-refractivity contribution is 0.0453. The van der Waals surface area contributed by atoms with Gasteiger partial charge in [-0.05, 0) is 56.5 Å². The third-order valence-electron chi connectivity index (χ3n) is 6.25. The highest BCUT2D eigenvalue weighted by molar-refractivity contribution is 5.95. The van der Waals surface area contributed by atoms with Gasteiger partial charge in [-0.2, -0.15) is 0 Å². The van der Waals surface area contributed by atoms with Crippen molar-refractivity contribution in [2.24, 2.45) is 5.41 Å². The molecule has 0 saturated carbocycles. The Morgan fingerprint density at radius 1 is 1.31 bits per heavy atom. The van der Waals surface area contributed by atoms with Crippen LogP contribution in [0.15, 0.2) is 42.6 Å². The third-order valence-corrected chi connectivity index (χ3v) is 6.25. The number of fused-ring (bicyclic) bond motifs is 1. The van der Waals surface area contributed by atoms with Gasteiger partial charge in [0.1, 0.15) is 11.5 Å². The summed E-state index contributed by atoms with van der Waals surface area (Å²) in [7, 11) is 0. The molecule has 2 atom stereocenters. The van der Waals surface area contributed by atoms with E-state index in [4.69, 9.17) is 4.74 Å². The Hall–Kier alpha value is -2.31. The summed E-state index contributed by atoms with van der Waals surface area (Å²) < 4.78 is 19.1. The van der Waals surface area contributed by atoms with E-state index < -0.39 is 0 Å². The van der Waals surface area contributed by atoms with Gasteiger partial charge in [-0.1, -0.05) is 18.2 Å². The summed E-state index contributed by atoms with van der Waals surface area (Å²) >= 11 is 0. The third kappa shape index (κ3) is 4.33. The fraction of sp³-hybridized carbons (Fsp3) is 0.478. The molecule has 4 rings (SSSR count). The molecule has 1 saturated heterocycles. The number of hydrogen-bond donors (Lipinski definition) is 1. The van der Waals surface area contributed by atoms with E-state index in [1.54, 1.807) is 6.20 Å². The van der Waals surface area contributed by atoms with Crippen LogP contribution in [0, 0.1) is 11.2 Å². The maximum Gasteiger partial charge on any atom is 0.270 e. The van der Waals surface area contributed by atoms with Crippen LogP contribution in [0.4, 0.5) is 4.39 Å². The molecule has 0 spiro atoms. The van der Waals surface area contributed by atoms with Crippen molar-refractivity contribution in [2.75, 3.05) is 32.8 Å². The Balaban J connectivity index is 1.49. The van der Waals surface area contributed by atoms with Gasteiger partial charge >= 0.3 is 0 Å². The van der Waals surface area contributed by atoms with Crippen molar-refractivity contribution in [3.8, 4) is 0 Å². The molecule has 0 bridgehead atoms. The van der Waals surface area contributed by atoms with Crippen LogP contribution in [0.5, 0.6) is 0 Å². The zero-order valence-corrected chi connectivity index (χ0v) is 16.9. The van der Waals surface area contributed by atoms with Crippen molar-refractivity contribution in [2.45, 2.75) is 32.2 Å². The van der Waals surface area contributed by atoms with Crippen LogP contribution in [-0.2, 0) is 11.2 Å². The molecule has 29 heavy (non-hydrogen) atoms. The molecule has 5 nitrogen and oxygen atoms in total. The van der Waals surface area contributed by atoms with Crippen molar-refractivity contribution < 1.29 is 13.9 Å². The average Bonchev–Trinajstić information content (AvgIpc) is 3.17. The summed E-state index contributed by atoms with van der Waals surface area (Å²) in [6.07, 6.45) is 4.62. The monoisotopic (exact) mass is 397 g/mol. The van der Waals surface area contributed by atoms with Gasteiger partial charge in [-0.15, -0.1) is 0 Å². The first-order valence-corrected chi connectivity index (χ1v) is 10.4. The van der Waals surface area contributed by atoms with Crippen LogP contribution in [0.2, 0.25) is 0 Å². The van der Waals surface area contributed by atoms with Gasteiger partial charge < -0.3 is 10.1 Å². The van der Waals surface area contributed by atoms with Crippen LogP contribution < -0.4 is 5.32 Å². The molecule has 0 radical (unpaired) electrons. The molecular formula is C23H28FN3O2. The summed E-state index contributed by atoms with van der Waals surface area (Å²) in [5, 5.41) is 2.99. The highest BCUT2D eigenvalue weighted by atomic mass is 19.1. The lowest BCUT2D eigenvalue weighted by Crippen LogP contribution is -2.44. The first-order valence-electron chi connectivity index (χ1n) is 10.4. The number of aryl methyl sites for hydroxylation is 1. The van der Waals surface area contributed by atoms with E-state index in [1.165, 1.54) is 12.1 Å². The normalized spacial score (nSPS) is 24.3. The van der Waals surface area contributed by atoms with E-state index in [0.717, 1.165) is 50.1 Å². The summed E-state index contributed by atoms with van der Waals surface area (Å²) in [6.45, 7) is 5.94. The van der Waals surface area contributed by atoms with E-state index in [9.17, 15) is 9.18 Å². The molecule has 2 aromatic rings. The largest absolute Gasteiger partial charge is 0.381 e. The molecule has 1 unspecified atom stereocenters. The van der Waals surface area contributed by atoms with Gasteiger partial charge in [0.05, 0.1) is 12.6 Å². The van der Waals surface area contributed by atoms with Gasteiger partial charge in [-0.3, -0.25) is 14.7 Å². The van der Waals surface area contributed by atoms with E-state index in [1.807, 2.05) is 31.2 Å². The topological polar surface area (TPSA) is 54.5 Å². The molecule has 1 amide bonds. The molecule has 2 aliphatic heterocycles. The average molecular weight is 397 g/mol. The SMILES string of the molecule is CCOC[C@]1(CCc2ccc(F)cc2)CCN(C2CNC(=O)c3ncccc32)C1. The predicted molar refractivity (Wildman–Crippen MR) is 109 cm³/mol. The molecule has 1 aromatic heterocycles. The summed E-state index contributed by atoms with van der Waals surface area (Å²) in [4.78, 5) is 18.9. The lowest BCUT2D eigenvalue weighted by atomic mass is 9.82. The van der Waals surface area contributed by atoms with Crippen molar-refractivity contribution in [1.82, 2.24) is 15.2 Å². The fourth-order valence-electron chi connectivity index (χ4n) is 4.59. The molecule has 1 N–H and O–H groups in total. The second kappa shape index (κ2) is 8.59. The Labute approximate surface area is 171 Å². The zero-order valence-electron chi connectivity index (χ0n) is 16.9. The molecule has 1 aromatic carbocycles. The number of rotatable bonds is 7. The lowest BCUT2D eigenvalue weighted by Gasteiger charge is -2.35. The first kappa shape index (κ1) is 20.0. The molecule has 154 valence electrons. The number of nitrogens with one attached hydrogen (secondary N) is 1. The Morgan fingerprint density at radius 3 is 2.93 bits per heavy atom. The molecule has 3 heterocycles. The molecule has 0 aliphatic carbocycles. The zero-order chi connectivity index (χ0) is 20.3. The predicted octanol–water partition coefficient (Wildman–Crippen LogP) is 3.37. The highest BCUT2D eigenvalue weighted by Crippen LogP contribution is 2.40. The van der Waals surface area contributed by atoms with Crippen LogP contribution >= 0.6 is 0 Å². The van der Waals surface area contributed by atoms with Crippen molar-refractivity contribution >= 4 is 5.91 Å². The van der Waals surface area contributed by atoms with Gasteiger partial charge in [0.15, 0.2) is 0 Å². The number of aromatic nitrogens is 1. The van der Waals surface area contributed by atoms with Gasteiger partial charge in [0, 0.05) is 36.9 Å². The molecule has 6 heteroatoms. The number of ether oxygens (including phenoxy) is 1. The first-order chi connectivity index (χ1) is 14.1. The number of amides is 1. The number of nitrogens with zero attached hydrogens (tertiary/aromatic N) is 2. The number of hydrogen-bond acceptors (Lipinski definition) is 4. The van der Waals surface area contributed by atoms with E-state index in [2.05, 4.69) is 15.2 Å². The van der Waals surface area contributed by atoms with Crippen molar-refractivity contribution in [3.63, 3.8) is 0 Å².